The topological polar surface area (TPSA) is 81.1 Å². The second-order valence-electron chi connectivity index (χ2n) is 7.27. The summed E-state index contributed by atoms with van der Waals surface area (Å²) in [6.07, 6.45) is -1.19. The maximum atomic E-state index is 14.0. The number of aryl methyl sites for hydroxylation is 1. The molecule has 0 saturated heterocycles. The minimum atomic E-state index is -1.19. The average Bonchev–Trinajstić information content (AvgIpc) is 2.87. The lowest BCUT2D eigenvalue weighted by atomic mass is 9.79. The average molecular weight is 359 g/mol. The van der Waals surface area contributed by atoms with Gasteiger partial charge in [0.2, 0.25) is 0 Å². The molecule has 0 aliphatic carbocycles. The highest BCUT2D eigenvalue weighted by molar-refractivity contribution is 5.96. The van der Waals surface area contributed by atoms with E-state index in [1.807, 2.05) is 20.8 Å². The van der Waals surface area contributed by atoms with E-state index in [0.717, 1.165) is 10.2 Å². The molecule has 3 aromatic rings. The SMILES string of the molecule is Cc1nn(C(=O)O)c2ccc(-c3cc(F)c(N)c(F)c3)c(C(C)(C)C)c12. The van der Waals surface area contributed by atoms with Crippen molar-refractivity contribution in [3.8, 4) is 11.1 Å². The second kappa shape index (κ2) is 5.79. The molecule has 2 aromatic carbocycles. The van der Waals surface area contributed by atoms with Crippen LogP contribution in [0.4, 0.5) is 19.3 Å². The van der Waals surface area contributed by atoms with Crippen LogP contribution in [-0.4, -0.2) is 21.0 Å². The van der Waals surface area contributed by atoms with Crippen LogP contribution < -0.4 is 5.73 Å². The van der Waals surface area contributed by atoms with Crippen LogP contribution >= 0.6 is 0 Å². The summed E-state index contributed by atoms with van der Waals surface area (Å²) in [5.74, 6) is -1.67. The number of anilines is 1. The van der Waals surface area contributed by atoms with Crippen molar-refractivity contribution in [1.29, 1.82) is 0 Å². The molecule has 136 valence electrons. The van der Waals surface area contributed by atoms with Crippen LogP contribution in [0.15, 0.2) is 24.3 Å². The summed E-state index contributed by atoms with van der Waals surface area (Å²) >= 11 is 0. The van der Waals surface area contributed by atoms with Gasteiger partial charge in [-0.3, -0.25) is 0 Å². The van der Waals surface area contributed by atoms with Gasteiger partial charge in [-0.05, 0) is 47.2 Å². The van der Waals surface area contributed by atoms with Crippen LogP contribution in [-0.2, 0) is 5.41 Å². The molecule has 3 N–H and O–H groups in total. The lowest BCUT2D eigenvalue weighted by molar-refractivity contribution is 0.194. The number of halogens is 2. The lowest BCUT2D eigenvalue weighted by Crippen LogP contribution is -2.14. The number of fused-ring (bicyclic) bond motifs is 1. The summed E-state index contributed by atoms with van der Waals surface area (Å²) < 4.78 is 28.9. The molecule has 3 rings (SSSR count). The first-order valence-corrected chi connectivity index (χ1v) is 8.03. The monoisotopic (exact) mass is 359 g/mol. The van der Waals surface area contributed by atoms with Crippen molar-refractivity contribution in [2.45, 2.75) is 33.1 Å². The van der Waals surface area contributed by atoms with Crippen molar-refractivity contribution in [3.05, 3.63) is 47.2 Å². The van der Waals surface area contributed by atoms with Crippen LogP contribution in [0.3, 0.4) is 0 Å². The maximum Gasteiger partial charge on any atom is 0.432 e. The van der Waals surface area contributed by atoms with Gasteiger partial charge in [-0.1, -0.05) is 26.8 Å². The zero-order chi connectivity index (χ0) is 19.4. The summed E-state index contributed by atoms with van der Waals surface area (Å²) in [7, 11) is 0. The Morgan fingerprint density at radius 2 is 1.77 bits per heavy atom. The predicted molar refractivity (Wildman–Crippen MR) is 96.4 cm³/mol. The van der Waals surface area contributed by atoms with E-state index in [9.17, 15) is 18.7 Å². The van der Waals surface area contributed by atoms with Crippen LogP contribution in [0.1, 0.15) is 32.0 Å². The highest BCUT2D eigenvalue weighted by Gasteiger charge is 2.27. The first kappa shape index (κ1) is 17.8. The first-order valence-electron chi connectivity index (χ1n) is 8.03. The van der Waals surface area contributed by atoms with Crippen molar-refractivity contribution in [2.24, 2.45) is 0 Å². The van der Waals surface area contributed by atoms with Gasteiger partial charge in [0.25, 0.3) is 0 Å². The van der Waals surface area contributed by atoms with Crippen LogP contribution in [0.2, 0.25) is 0 Å². The van der Waals surface area contributed by atoms with Crippen LogP contribution in [0.25, 0.3) is 22.0 Å². The third kappa shape index (κ3) is 2.69. The summed E-state index contributed by atoms with van der Waals surface area (Å²) in [6, 6.07) is 5.63. The fourth-order valence-corrected chi connectivity index (χ4v) is 3.29. The highest BCUT2D eigenvalue weighted by Crippen LogP contribution is 2.40. The molecule has 26 heavy (non-hydrogen) atoms. The molecule has 7 heteroatoms. The van der Waals surface area contributed by atoms with Gasteiger partial charge in [0.05, 0.1) is 11.2 Å². The first-order chi connectivity index (χ1) is 12.0. The van der Waals surface area contributed by atoms with Gasteiger partial charge < -0.3 is 10.8 Å². The Morgan fingerprint density at radius 3 is 2.27 bits per heavy atom. The molecule has 0 saturated carbocycles. The van der Waals surface area contributed by atoms with E-state index < -0.39 is 28.8 Å². The fourth-order valence-electron chi connectivity index (χ4n) is 3.29. The number of benzene rings is 2. The Balaban J connectivity index is 2.45. The van der Waals surface area contributed by atoms with Crippen molar-refractivity contribution < 1.29 is 18.7 Å². The summed E-state index contributed by atoms with van der Waals surface area (Å²) in [6.45, 7) is 7.57. The number of carboxylic acid groups (broad SMARTS) is 1. The number of aromatic nitrogens is 2. The number of hydrogen-bond donors (Lipinski definition) is 2. The van der Waals surface area contributed by atoms with Crippen molar-refractivity contribution in [2.75, 3.05) is 5.73 Å². The largest absolute Gasteiger partial charge is 0.463 e. The molecular formula is C19H19F2N3O2. The molecular weight excluding hydrogens is 340 g/mol. The van der Waals surface area contributed by atoms with Crippen molar-refractivity contribution >= 4 is 22.7 Å². The Bertz CT molecular complexity index is 1030. The fraction of sp³-hybridized carbons (Fsp3) is 0.263. The van der Waals surface area contributed by atoms with Gasteiger partial charge in [-0.25, -0.2) is 13.6 Å². The summed E-state index contributed by atoms with van der Waals surface area (Å²) in [4.78, 5) is 11.5. The van der Waals surface area contributed by atoms with E-state index in [1.165, 1.54) is 12.1 Å². The molecule has 0 bridgehead atoms. The number of nitrogen functional groups attached to an aromatic ring is 1. The van der Waals surface area contributed by atoms with Gasteiger partial charge in [-0.15, -0.1) is 0 Å². The normalized spacial score (nSPS) is 11.9. The molecule has 1 aromatic heterocycles. The summed E-state index contributed by atoms with van der Waals surface area (Å²) in [5.41, 5.74) is 7.09. The van der Waals surface area contributed by atoms with Gasteiger partial charge in [0, 0.05) is 5.39 Å². The van der Waals surface area contributed by atoms with Gasteiger partial charge in [0.1, 0.15) is 17.3 Å². The Morgan fingerprint density at radius 1 is 1.19 bits per heavy atom. The lowest BCUT2D eigenvalue weighted by Gasteiger charge is -2.25. The third-order valence-electron chi connectivity index (χ3n) is 4.34. The quantitative estimate of drug-likeness (QED) is 0.617. The number of rotatable bonds is 1. The molecule has 0 radical (unpaired) electrons. The van der Waals surface area contributed by atoms with Crippen molar-refractivity contribution in [1.82, 2.24) is 9.78 Å². The molecule has 0 aliphatic heterocycles. The number of hydrogen-bond acceptors (Lipinski definition) is 3. The number of carbonyl (C=O) groups is 1. The van der Waals surface area contributed by atoms with E-state index >= 15 is 0 Å². The predicted octanol–water partition coefficient (Wildman–Crippen LogP) is 4.70. The minimum Gasteiger partial charge on any atom is -0.463 e. The third-order valence-corrected chi connectivity index (χ3v) is 4.34. The zero-order valence-corrected chi connectivity index (χ0v) is 14.9. The number of nitrogens with zero attached hydrogens (tertiary/aromatic N) is 2. The Kier molecular flexibility index (Phi) is 3.98. The Labute approximate surface area is 149 Å². The molecule has 0 atom stereocenters. The van der Waals surface area contributed by atoms with Gasteiger partial charge in [-0.2, -0.15) is 9.78 Å². The van der Waals surface area contributed by atoms with E-state index in [0.29, 0.717) is 27.7 Å². The standard InChI is InChI=1S/C19H19F2N3O2/c1-9-15-14(24(23-9)18(25)26)6-5-11(16(15)19(2,3)4)10-7-12(20)17(22)13(21)8-10/h5-8H,22H2,1-4H3,(H,25,26). The van der Waals surface area contributed by atoms with E-state index in [2.05, 4.69) is 5.10 Å². The molecule has 0 unspecified atom stereocenters. The van der Waals surface area contributed by atoms with E-state index in [4.69, 9.17) is 5.73 Å². The van der Waals surface area contributed by atoms with E-state index in [-0.39, 0.29) is 0 Å². The minimum absolute atomic E-state index is 0.337. The molecule has 0 fully saturated rings. The smallest absolute Gasteiger partial charge is 0.432 e. The maximum absolute atomic E-state index is 14.0. The molecule has 0 spiro atoms. The summed E-state index contributed by atoms with van der Waals surface area (Å²) in [5, 5.41) is 14.1. The molecule has 0 aliphatic rings. The highest BCUT2D eigenvalue weighted by atomic mass is 19.1. The zero-order valence-electron chi connectivity index (χ0n) is 14.9. The second-order valence-corrected chi connectivity index (χ2v) is 7.27. The Hall–Kier alpha value is -2.96. The molecule has 0 amide bonds. The van der Waals surface area contributed by atoms with Crippen LogP contribution in [0, 0.1) is 18.6 Å². The van der Waals surface area contributed by atoms with E-state index in [1.54, 1.807) is 19.1 Å². The van der Waals surface area contributed by atoms with Gasteiger partial charge >= 0.3 is 6.09 Å². The van der Waals surface area contributed by atoms with Crippen molar-refractivity contribution in [3.63, 3.8) is 0 Å². The molecule has 5 nitrogen and oxygen atoms in total. The molecule has 1 heterocycles. The van der Waals surface area contributed by atoms with Gasteiger partial charge in [0.15, 0.2) is 0 Å². The number of nitrogens with two attached hydrogens (primary N) is 1. The van der Waals surface area contributed by atoms with Crippen LogP contribution in [0.5, 0.6) is 0 Å².